The topological polar surface area (TPSA) is 95.9 Å². The molecule has 3 atom stereocenters. The molecule has 0 saturated carbocycles. The molecule has 0 aliphatic heterocycles. The Bertz CT molecular complexity index is 1170. The molecule has 0 saturated heterocycles. The van der Waals surface area contributed by atoms with Gasteiger partial charge in [-0.05, 0) is 64.2 Å². The number of allylic oxidation sites excluding steroid dienone is 12. The Morgan fingerprint density at radius 3 is 1.21 bits per heavy atom. The van der Waals surface area contributed by atoms with Gasteiger partial charge < -0.3 is 20.3 Å². The minimum absolute atomic E-state index is 0.0474. The predicted molar refractivity (Wildman–Crippen MR) is 273 cm³/mol. The Balaban J connectivity index is 4.68. The summed E-state index contributed by atoms with van der Waals surface area (Å²) >= 11 is 0. The zero-order valence-corrected chi connectivity index (χ0v) is 41.4. The molecule has 6 nitrogen and oxygen atoms in total. The quantitative estimate of drug-likeness (QED) is 0.0321. The van der Waals surface area contributed by atoms with E-state index in [-0.39, 0.29) is 31.3 Å². The summed E-state index contributed by atoms with van der Waals surface area (Å²) in [7, 11) is 0. The van der Waals surface area contributed by atoms with E-state index in [1.807, 2.05) is 6.08 Å². The van der Waals surface area contributed by atoms with Gasteiger partial charge in [-0.25, -0.2) is 0 Å². The van der Waals surface area contributed by atoms with Crippen molar-refractivity contribution in [1.29, 1.82) is 0 Å². The molecule has 364 valence electrons. The Morgan fingerprint density at radius 1 is 0.476 bits per heavy atom. The summed E-state index contributed by atoms with van der Waals surface area (Å²) < 4.78 is 5.90. The van der Waals surface area contributed by atoms with E-state index in [1.165, 1.54) is 122 Å². The normalized spacial score (nSPS) is 13.8. The fraction of sp³-hybridized carbons (Fsp3) is 0.754. The van der Waals surface area contributed by atoms with E-state index >= 15 is 0 Å². The van der Waals surface area contributed by atoms with Crippen LogP contribution >= 0.6 is 0 Å². The van der Waals surface area contributed by atoms with E-state index in [2.05, 4.69) is 92.9 Å². The number of nitrogens with one attached hydrogen (secondary N) is 1. The molecular formula is C57H101NO5. The van der Waals surface area contributed by atoms with Crippen molar-refractivity contribution in [2.45, 2.75) is 270 Å². The van der Waals surface area contributed by atoms with Crippen molar-refractivity contribution >= 4 is 11.9 Å². The van der Waals surface area contributed by atoms with E-state index in [4.69, 9.17) is 4.74 Å². The molecule has 0 aromatic rings. The van der Waals surface area contributed by atoms with Crippen LogP contribution in [0.2, 0.25) is 0 Å². The first-order chi connectivity index (χ1) is 31.0. The number of carbonyl (C=O) groups excluding carboxylic acids is 2. The molecule has 0 heterocycles. The van der Waals surface area contributed by atoms with E-state index in [1.54, 1.807) is 0 Å². The molecule has 0 fully saturated rings. The first-order valence-corrected chi connectivity index (χ1v) is 26.7. The van der Waals surface area contributed by atoms with Crippen molar-refractivity contribution in [1.82, 2.24) is 5.32 Å². The summed E-state index contributed by atoms with van der Waals surface area (Å²) in [5.41, 5.74) is 0. The van der Waals surface area contributed by atoms with Gasteiger partial charge in [-0.1, -0.05) is 248 Å². The van der Waals surface area contributed by atoms with Gasteiger partial charge in [0.05, 0.1) is 25.2 Å². The third-order valence-electron chi connectivity index (χ3n) is 11.8. The van der Waals surface area contributed by atoms with Gasteiger partial charge in [0.2, 0.25) is 5.91 Å². The first kappa shape index (κ1) is 60.3. The SMILES string of the molecule is CC/C=C\C/C=C\C/C=C\C/C=C\C/C=C\C/C=C\CCC(=O)OC(CCCCCCCCCCCCCCCCC)CC(=O)NC(CO)C(O)CCCCCCCCCCCC. The van der Waals surface area contributed by atoms with Crippen LogP contribution in [0.1, 0.15) is 252 Å². The van der Waals surface area contributed by atoms with Crippen molar-refractivity contribution in [2.75, 3.05) is 6.61 Å². The number of ether oxygens (including phenoxy) is 1. The number of hydrogen-bond acceptors (Lipinski definition) is 5. The number of aliphatic hydroxyl groups is 2. The smallest absolute Gasteiger partial charge is 0.306 e. The molecule has 0 bridgehead atoms. The Hall–Kier alpha value is -2.70. The number of aliphatic hydroxyl groups excluding tert-OH is 2. The van der Waals surface area contributed by atoms with E-state index in [0.717, 1.165) is 77.0 Å². The minimum Gasteiger partial charge on any atom is -0.462 e. The fourth-order valence-electron chi connectivity index (χ4n) is 7.81. The predicted octanol–water partition coefficient (Wildman–Crippen LogP) is 16.2. The van der Waals surface area contributed by atoms with Crippen LogP contribution in [-0.2, 0) is 14.3 Å². The number of esters is 1. The second-order valence-corrected chi connectivity index (χ2v) is 17.9. The second-order valence-electron chi connectivity index (χ2n) is 17.9. The number of hydrogen-bond donors (Lipinski definition) is 3. The van der Waals surface area contributed by atoms with Crippen LogP contribution in [0.5, 0.6) is 0 Å². The van der Waals surface area contributed by atoms with Gasteiger partial charge in [0.1, 0.15) is 6.10 Å². The molecule has 1 amide bonds. The lowest BCUT2D eigenvalue weighted by molar-refractivity contribution is -0.150. The third kappa shape index (κ3) is 45.7. The average molecular weight is 880 g/mol. The third-order valence-corrected chi connectivity index (χ3v) is 11.8. The molecule has 0 aromatic carbocycles. The van der Waals surface area contributed by atoms with Crippen LogP contribution in [0, 0.1) is 0 Å². The molecule has 0 aliphatic rings. The fourth-order valence-corrected chi connectivity index (χ4v) is 7.81. The summed E-state index contributed by atoms with van der Waals surface area (Å²) in [6, 6.07) is -0.716. The maximum atomic E-state index is 13.2. The van der Waals surface area contributed by atoms with Crippen LogP contribution in [0.4, 0.5) is 0 Å². The van der Waals surface area contributed by atoms with Gasteiger partial charge in [-0.2, -0.15) is 0 Å². The van der Waals surface area contributed by atoms with Gasteiger partial charge in [0.25, 0.3) is 0 Å². The van der Waals surface area contributed by atoms with Crippen LogP contribution < -0.4 is 5.32 Å². The van der Waals surface area contributed by atoms with Crippen molar-refractivity contribution in [3.63, 3.8) is 0 Å². The highest BCUT2D eigenvalue weighted by molar-refractivity contribution is 5.77. The lowest BCUT2D eigenvalue weighted by Crippen LogP contribution is -2.46. The highest BCUT2D eigenvalue weighted by atomic mass is 16.5. The van der Waals surface area contributed by atoms with Gasteiger partial charge in [0, 0.05) is 6.42 Å². The highest BCUT2D eigenvalue weighted by Crippen LogP contribution is 2.18. The number of unbranched alkanes of at least 4 members (excludes halogenated alkanes) is 23. The Morgan fingerprint density at radius 2 is 0.825 bits per heavy atom. The summed E-state index contributed by atoms with van der Waals surface area (Å²) in [4.78, 5) is 26.1. The van der Waals surface area contributed by atoms with Gasteiger partial charge in [-0.15, -0.1) is 0 Å². The molecule has 0 aliphatic carbocycles. The second kappa shape index (κ2) is 50.3. The first-order valence-electron chi connectivity index (χ1n) is 26.7. The molecule has 3 unspecified atom stereocenters. The molecule has 0 spiro atoms. The number of carbonyl (C=O) groups is 2. The summed E-state index contributed by atoms with van der Waals surface area (Å²) in [6.45, 7) is 6.35. The molecule has 0 aromatic heterocycles. The van der Waals surface area contributed by atoms with E-state index < -0.39 is 18.2 Å². The van der Waals surface area contributed by atoms with Crippen LogP contribution in [0.25, 0.3) is 0 Å². The molecule has 6 heteroatoms. The summed E-state index contributed by atoms with van der Waals surface area (Å²) in [5, 5.41) is 23.7. The maximum absolute atomic E-state index is 13.2. The van der Waals surface area contributed by atoms with Crippen LogP contribution in [0.15, 0.2) is 72.9 Å². The number of rotatable bonds is 47. The lowest BCUT2D eigenvalue weighted by Gasteiger charge is -2.24. The van der Waals surface area contributed by atoms with Gasteiger partial charge >= 0.3 is 5.97 Å². The zero-order valence-electron chi connectivity index (χ0n) is 41.4. The Labute approximate surface area is 390 Å². The van der Waals surface area contributed by atoms with Crippen molar-refractivity contribution in [3.8, 4) is 0 Å². The standard InChI is InChI=1S/C57H101NO5/c1-4-7-10-13-16-19-22-24-26-27-28-29-31-33-35-38-41-44-47-50-57(62)63-53(48-45-42-39-36-34-32-30-25-23-20-17-14-11-8-5-2)51-56(61)58-54(52-59)55(60)49-46-43-40-37-21-18-15-12-9-6-3/h7,10,16,19,24,26,28-29,33,35,41,44,53-55,59-60H,4-6,8-9,11-15,17-18,20-23,25,27,30-32,34,36-40,42-43,45-52H2,1-3H3,(H,58,61)/b10-7-,19-16-,26-24-,29-28-,35-33-,44-41-. The van der Waals surface area contributed by atoms with Gasteiger partial charge in [0.15, 0.2) is 0 Å². The summed E-state index contributed by atoms with van der Waals surface area (Å²) in [6.07, 6.45) is 64.0. The lowest BCUT2D eigenvalue weighted by atomic mass is 10.0. The largest absolute Gasteiger partial charge is 0.462 e. The maximum Gasteiger partial charge on any atom is 0.306 e. The molecule has 0 radical (unpaired) electrons. The van der Waals surface area contributed by atoms with Crippen LogP contribution in [-0.4, -0.2) is 46.9 Å². The molecule has 0 rings (SSSR count). The average Bonchev–Trinajstić information content (AvgIpc) is 3.28. The molecule has 63 heavy (non-hydrogen) atoms. The van der Waals surface area contributed by atoms with Crippen molar-refractivity contribution in [2.24, 2.45) is 0 Å². The zero-order chi connectivity index (χ0) is 45.9. The van der Waals surface area contributed by atoms with Crippen LogP contribution in [0.3, 0.4) is 0 Å². The Kier molecular flexibility index (Phi) is 48.1. The van der Waals surface area contributed by atoms with Gasteiger partial charge in [-0.3, -0.25) is 9.59 Å². The van der Waals surface area contributed by atoms with Crippen molar-refractivity contribution < 1.29 is 24.5 Å². The summed E-state index contributed by atoms with van der Waals surface area (Å²) in [5.74, 6) is -0.570. The number of amides is 1. The minimum atomic E-state index is -0.800. The van der Waals surface area contributed by atoms with Crippen molar-refractivity contribution in [3.05, 3.63) is 72.9 Å². The molecular weight excluding hydrogens is 779 g/mol. The monoisotopic (exact) mass is 880 g/mol. The van der Waals surface area contributed by atoms with E-state index in [0.29, 0.717) is 19.3 Å². The highest BCUT2D eigenvalue weighted by Gasteiger charge is 2.24. The molecule has 3 N–H and O–H groups in total. The van der Waals surface area contributed by atoms with E-state index in [9.17, 15) is 19.8 Å².